The summed E-state index contributed by atoms with van der Waals surface area (Å²) in [5.74, 6) is 0.480. The van der Waals surface area contributed by atoms with Gasteiger partial charge < -0.3 is 4.90 Å². The highest BCUT2D eigenvalue weighted by molar-refractivity contribution is 6.33. The van der Waals surface area contributed by atoms with E-state index in [1.54, 1.807) is 0 Å². The molecule has 1 aromatic rings. The van der Waals surface area contributed by atoms with Crippen molar-refractivity contribution in [3.8, 4) is 0 Å². The molecular weight excluding hydrogens is 293 g/mol. The molecule has 1 saturated carbocycles. The number of carbonyl (C=O) groups is 1. The fraction of sp³-hybridized carbons (Fsp3) is 0.562. The van der Waals surface area contributed by atoms with E-state index in [1.165, 1.54) is 19.3 Å². The topological polar surface area (TPSA) is 20.3 Å². The number of nitrogens with zero attached hydrogens (tertiary/aromatic N) is 1. The maximum atomic E-state index is 12.7. The molecule has 4 heteroatoms. The van der Waals surface area contributed by atoms with Crippen LogP contribution in [0.2, 0.25) is 5.02 Å². The number of rotatable bonds is 4. The lowest BCUT2D eigenvalue weighted by Crippen LogP contribution is -2.42. The molecule has 1 fully saturated rings. The Balaban J connectivity index is 2.21. The maximum Gasteiger partial charge on any atom is 0.255 e. The first-order valence-corrected chi connectivity index (χ1v) is 8.18. The number of benzene rings is 1. The van der Waals surface area contributed by atoms with Crippen LogP contribution in [0.1, 0.15) is 48.0 Å². The lowest BCUT2D eigenvalue weighted by atomic mass is 9.93. The zero-order valence-electron chi connectivity index (χ0n) is 11.9. The van der Waals surface area contributed by atoms with Gasteiger partial charge in [0.05, 0.1) is 10.6 Å². The van der Waals surface area contributed by atoms with Crippen molar-refractivity contribution in [1.29, 1.82) is 0 Å². The van der Waals surface area contributed by atoms with Gasteiger partial charge in [-0.05, 0) is 37.5 Å². The van der Waals surface area contributed by atoms with E-state index in [1.807, 2.05) is 30.0 Å². The molecule has 1 amide bonds. The van der Waals surface area contributed by atoms with Gasteiger partial charge >= 0.3 is 0 Å². The van der Waals surface area contributed by atoms with Gasteiger partial charge in [-0.15, -0.1) is 11.6 Å². The lowest BCUT2D eigenvalue weighted by Gasteiger charge is -2.34. The summed E-state index contributed by atoms with van der Waals surface area (Å²) in [6, 6.07) is 5.91. The maximum absolute atomic E-state index is 12.7. The van der Waals surface area contributed by atoms with Gasteiger partial charge in [0.25, 0.3) is 5.91 Å². The highest BCUT2D eigenvalue weighted by atomic mass is 35.5. The van der Waals surface area contributed by atoms with Crippen molar-refractivity contribution in [2.24, 2.45) is 0 Å². The average Bonchev–Trinajstić information content (AvgIpc) is 2.45. The van der Waals surface area contributed by atoms with Crippen molar-refractivity contribution in [2.45, 2.75) is 45.1 Å². The number of alkyl halides is 1. The molecule has 0 aromatic heterocycles. The molecule has 20 heavy (non-hydrogen) atoms. The molecule has 1 aromatic carbocycles. The number of hydrogen-bond acceptors (Lipinski definition) is 1. The Morgan fingerprint density at radius 2 is 2.00 bits per heavy atom. The first-order chi connectivity index (χ1) is 9.63. The Kier molecular flexibility index (Phi) is 5.74. The van der Waals surface area contributed by atoms with Crippen LogP contribution in [0, 0.1) is 6.92 Å². The molecule has 2 nitrogen and oxygen atoms in total. The Morgan fingerprint density at radius 1 is 1.30 bits per heavy atom. The molecular formula is C16H21Cl2NO. The third-order valence-corrected chi connectivity index (χ3v) is 4.44. The Morgan fingerprint density at radius 3 is 2.60 bits per heavy atom. The fourth-order valence-electron chi connectivity index (χ4n) is 2.88. The molecule has 0 heterocycles. The van der Waals surface area contributed by atoms with Crippen molar-refractivity contribution < 1.29 is 4.79 Å². The van der Waals surface area contributed by atoms with E-state index >= 15 is 0 Å². The van der Waals surface area contributed by atoms with Crippen molar-refractivity contribution in [2.75, 3.05) is 12.4 Å². The van der Waals surface area contributed by atoms with Gasteiger partial charge in [0.2, 0.25) is 0 Å². The normalized spacial score (nSPS) is 16.1. The fourth-order valence-corrected chi connectivity index (χ4v) is 3.38. The summed E-state index contributed by atoms with van der Waals surface area (Å²) < 4.78 is 0. The van der Waals surface area contributed by atoms with E-state index in [2.05, 4.69) is 0 Å². The largest absolute Gasteiger partial charge is 0.334 e. The molecule has 0 N–H and O–H groups in total. The molecule has 0 radical (unpaired) electrons. The minimum Gasteiger partial charge on any atom is -0.334 e. The molecule has 0 unspecified atom stereocenters. The summed E-state index contributed by atoms with van der Waals surface area (Å²) >= 11 is 12.1. The zero-order valence-corrected chi connectivity index (χ0v) is 13.4. The number of aryl methyl sites for hydroxylation is 1. The van der Waals surface area contributed by atoms with Gasteiger partial charge in [0, 0.05) is 18.5 Å². The van der Waals surface area contributed by atoms with E-state index in [0.717, 1.165) is 18.4 Å². The van der Waals surface area contributed by atoms with Crippen molar-refractivity contribution in [3.63, 3.8) is 0 Å². The molecule has 2 rings (SSSR count). The molecule has 0 spiro atoms. The van der Waals surface area contributed by atoms with Crippen LogP contribution in [0.4, 0.5) is 0 Å². The van der Waals surface area contributed by atoms with E-state index in [4.69, 9.17) is 23.2 Å². The Hall–Kier alpha value is -0.730. The average molecular weight is 314 g/mol. The monoisotopic (exact) mass is 313 g/mol. The second-order valence-corrected chi connectivity index (χ2v) is 6.25. The van der Waals surface area contributed by atoms with E-state index in [-0.39, 0.29) is 5.91 Å². The van der Waals surface area contributed by atoms with Crippen LogP contribution in [0.5, 0.6) is 0 Å². The van der Waals surface area contributed by atoms with Crippen LogP contribution >= 0.6 is 23.2 Å². The van der Waals surface area contributed by atoms with Gasteiger partial charge in [-0.25, -0.2) is 0 Å². The Bertz CT molecular complexity index is 470. The second kappa shape index (κ2) is 7.33. The number of halogens is 2. The third kappa shape index (κ3) is 3.67. The van der Waals surface area contributed by atoms with Gasteiger partial charge in [-0.3, -0.25) is 4.79 Å². The summed E-state index contributed by atoms with van der Waals surface area (Å²) in [5, 5.41) is 0.533. The van der Waals surface area contributed by atoms with Crippen molar-refractivity contribution in [1.82, 2.24) is 4.90 Å². The smallest absolute Gasteiger partial charge is 0.255 e. The number of amides is 1. The van der Waals surface area contributed by atoms with E-state index in [9.17, 15) is 4.79 Å². The molecule has 1 aliphatic rings. The van der Waals surface area contributed by atoms with Crippen LogP contribution in [0.25, 0.3) is 0 Å². The molecule has 0 aliphatic heterocycles. The van der Waals surface area contributed by atoms with Gasteiger partial charge in [-0.1, -0.05) is 36.9 Å². The van der Waals surface area contributed by atoms with E-state index < -0.39 is 0 Å². The third-order valence-electron chi connectivity index (χ3n) is 3.96. The molecule has 1 aliphatic carbocycles. The lowest BCUT2D eigenvalue weighted by molar-refractivity contribution is 0.0650. The molecule has 0 atom stereocenters. The molecule has 0 bridgehead atoms. The quantitative estimate of drug-likeness (QED) is 0.740. The summed E-state index contributed by atoms with van der Waals surface area (Å²) in [7, 11) is 0. The Labute approximate surface area is 131 Å². The van der Waals surface area contributed by atoms with Gasteiger partial charge in [0.1, 0.15) is 0 Å². The van der Waals surface area contributed by atoms with E-state index in [0.29, 0.717) is 29.1 Å². The first-order valence-electron chi connectivity index (χ1n) is 7.26. The summed E-state index contributed by atoms with van der Waals surface area (Å²) in [4.78, 5) is 14.7. The standard InChI is InChI=1S/C16H21Cl2NO/c1-12-7-8-14(15(18)11-12)16(20)19(10-9-17)13-5-3-2-4-6-13/h7-8,11,13H,2-6,9-10H2,1H3. The molecule has 0 saturated heterocycles. The summed E-state index contributed by atoms with van der Waals surface area (Å²) in [6.07, 6.45) is 5.81. The van der Waals surface area contributed by atoms with Crippen molar-refractivity contribution in [3.05, 3.63) is 34.3 Å². The first kappa shape index (κ1) is 15.7. The SMILES string of the molecule is Cc1ccc(C(=O)N(CCCl)C2CCCCC2)c(Cl)c1. The summed E-state index contributed by atoms with van der Waals surface area (Å²) in [5.41, 5.74) is 1.65. The van der Waals surface area contributed by atoms with Crippen LogP contribution in [0.3, 0.4) is 0 Å². The van der Waals surface area contributed by atoms with Crippen LogP contribution in [-0.2, 0) is 0 Å². The second-order valence-electron chi connectivity index (χ2n) is 5.46. The minimum absolute atomic E-state index is 0.0163. The summed E-state index contributed by atoms with van der Waals surface area (Å²) in [6.45, 7) is 2.56. The van der Waals surface area contributed by atoms with Gasteiger partial charge in [0.15, 0.2) is 0 Å². The van der Waals surface area contributed by atoms with Crippen LogP contribution in [0.15, 0.2) is 18.2 Å². The highest BCUT2D eigenvalue weighted by Gasteiger charge is 2.26. The zero-order chi connectivity index (χ0) is 14.5. The number of hydrogen-bond donors (Lipinski definition) is 0. The molecule has 110 valence electrons. The minimum atomic E-state index is 0.0163. The highest BCUT2D eigenvalue weighted by Crippen LogP contribution is 2.26. The van der Waals surface area contributed by atoms with Crippen molar-refractivity contribution >= 4 is 29.1 Å². The van der Waals surface area contributed by atoms with Gasteiger partial charge in [-0.2, -0.15) is 0 Å². The predicted octanol–water partition coefficient (Wildman–Crippen LogP) is 4.66. The van der Waals surface area contributed by atoms with Crippen LogP contribution < -0.4 is 0 Å². The predicted molar refractivity (Wildman–Crippen MR) is 84.8 cm³/mol. The van der Waals surface area contributed by atoms with Crippen LogP contribution in [-0.4, -0.2) is 29.3 Å². The number of carbonyl (C=O) groups excluding carboxylic acids is 1.